The molecule has 0 bridgehead atoms. The van der Waals surface area contributed by atoms with Crippen LogP contribution in [0.4, 0.5) is 0 Å². The van der Waals surface area contributed by atoms with E-state index in [1.807, 2.05) is 13.0 Å². The third-order valence-corrected chi connectivity index (χ3v) is 2.96. The van der Waals surface area contributed by atoms with Gasteiger partial charge in [0.25, 0.3) is 0 Å². The van der Waals surface area contributed by atoms with Gasteiger partial charge in [-0.05, 0) is 44.0 Å². The lowest BCUT2D eigenvalue weighted by atomic mass is 10.0. The summed E-state index contributed by atoms with van der Waals surface area (Å²) in [4.78, 5) is 12.6. The second kappa shape index (κ2) is 5.12. The predicted octanol–water partition coefficient (Wildman–Crippen LogP) is 2.77. The molecule has 4 heteroatoms. The molecule has 4 nitrogen and oxygen atoms in total. The smallest absolute Gasteiger partial charge is 0.223 e. The fourth-order valence-electron chi connectivity index (χ4n) is 1.83. The maximum atomic E-state index is 5.26. The van der Waals surface area contributed by atoms with E-state index in [1.165, 1.54) is 0 Å². The van der Waals surface area contributed by atoms with Crippen LogP contribution in [0.2, 0.25) is 0 Å². The summed E-state index contributed by atoms with van der Waals surface area (Å²) in [6.07, 6.45) is 4.04. The molecule has 1 aliphatic rings. The number of methoxy groups -OCH3 is 1. The zero-order valence-corrected chi connectivity index (χ0v) is 10.8. The number of hydrogen-bond donors (Lipinski definition) is 0. The van der Waals surface area contributed by atoms with Crippen molar-refractivity contribution in [3.05, 3.63) is 41.8 Å². The summed E-state index contributed by atoms with van der Waals surface area (Å²) in [7, 11) is 1.57. The van der Waals surface area contributed by atoms with Gasteiger partial charge < -0.3 is 4.74 Å². The molecular weight excluding hydrogens is 226 g/mol. The number of aliphatic imine (C=N–C) groups is 1. The Hall–Kier alpha value is -1.97. The first-order valence-electron chi connectivity index (χ1n) is 5.91. The first kappa shape index (κ1) is 12.5. The predicted molar refractivity (Wildman–Crippen MR) is 72.1 cm³/mol. The number of allylic oxidation sites excluding steroid dienone is 2. The van der Waals surface area contributed by atoms with E-state index in [9.17, 15) is 0 Å². The van der Waals surface area contributed by atoms with Crippen molar-refractivity contribution in [1.82, 2.24) is 9.97 Å². The molecule has 1 aromatic rings. The molecule has 1 aromatic heterocycles. The molecule has 0 atom stereocenters. The average molecular weight is 243 g/mol. The van der Waals surface area contributed by atoms with Gasteiger partial charge in [-0.3, -0.25) is 0 Å². The molecule has 0 amide bonds. The van der Waals surface area contributed by atoms with Gasteiger partial charge in [0.2, 0.25) is 5.88 Å². The Kier molecular flexibility index (Phi) is 3.55. The molecule has 0 aromatic carbocycles. The molecule has 1 saturated carbocycles. The molecule has 0 aliphatic heterocycles. The van der Waals surface area contributed by atoms with Crippen LogP contribution in [0.5, 0.6) is 0 Å². The van der Waals surface area contributed by atoms with Gasteiger partial charge in [-0.1, -0.05) is 6.58 Å². The maximum absolute atomic E-state index is 5.26. The summed E-state index contributed by atoms with van der Waals surface area (Å²) in [5, 5.41) is 0. The van der Waals surface area contributed by atoms with E-state index in [-0.39, 0.29) is 0 Å². The zero-order chi connectivity index (χ0) is 13.1. The third-order valence-electron chi connectivity index (χ3n) is 2.96. The van der Waals surface area contributed by atoms with Crippen LogP contribution in [-0.4, -0.2) is 23.8 Å². The van der Waals surface area contributed by atoms with Crippen molar-refractivity contribution >= 4 is 12.3 Å². The van der Waals surface area contributed by atoms with Gasteiger partial charge in [0, 0.05) is 11.9 Å². The summed E-state index contributed by atoms with van der Waals surface area (Å²) in [5.74, 6) is 1.55. The van der Waals surface area contributed by atoms with Crippen molar-refractivity contribution < 1.29 is 4.74 Å². The third kappa shape index (κ3) is 2.47. The van der Waals surface area contributed by atoms with Gasteiger partial charge in [-0.15, -0.1) is 0 Å². The lowest BCUT2D eigenvalue weighted by Gasteiger charge is -2.12. The Morgan fingerprint density at radius 2 is 2.22 bits per heavy atom. The molecule has 0 radical (unpaired) electrons. The normalized spacial score (nSPS) is 15.9. The highest BCUT2D eigenvalue weighted by Gasteiger charge is 2.30. The molecule has 2 rings (SSSR count). The largest absolute Gasteiger partial charge is 0.480 e. The highest BCUT2D eigenvalue weighted by molar-refractivity contribution is 5.77. The van der Waals surface area contributed by atoms with E-state index < -0.39 is 0 Å². The van der Waals surface area contributed by atoms with Crippen LogP contribution >= 0.6 is 0 Å². The van der Waals surface area contributed by atoms with E-state index in [1.54, 1.807) is 13.3 Å². The van der Waals surface area contributed by atoms with Crippen LogP contribution in [0.25, 0.3) is 5.57 Å². The molecule has 18 heavy (non-hydrogen) atoms. The first-order valence-corrected chi connectivity index (χ1v) is 5.91. The average Bonchev–Trinajstić information content (AvgIpc) is 3.19. The minimum absolute atomic E-state index is 0.442. The molecule has 94 valence electrons. The molecule has 0 saturated heterocycles. The SMILES string of the molecule is C=N/C(OC)=C(\C(=C)C1CC1)c1nccc(C)n1. The van der Waals surface area contributed by atoms with Crippen LogP contribution in [0.15, 0.2) is 35.3 Å². The fraction of sp³-hybridized carbons (Fsp3) is 0.357. The van der Waals surface area contributed by atoms with Crippen LogP contribution in [0.1, 0.15) is 24.4 Å². The molecular formula is C14H17N3O. The topological polar surface area (TPSA) is 47.4 Å². The summed E-state index contributed by atoms with van der Waals surface area (Å²) >= 11 is 0. The number of nitrogens with zero attached hydrogens (tertiary/aromatic N) is 3. The van der Waals surface area contributed by atoms with Crippen molar-refractivity contribution in [3.8, 4) is 0 Å². The first-order chi connectivity index (χ1) is 8.67. The highest BCUT2D eigenvalue weighted by atomic mass is 16.5. The Balaban J connectivity index is 2.51. The van der Waals surface area contributed by atoms with Crippen LogP contribution in [-0.2, 0) is 4.74 Å². The fourth-order valence-corrected chi connectivity index (χ4v) is 1.83. The van der Waals surface area contributed by atoms with Crippen LogP contribution in [0.3, 0.4) is 0 Å². The van der Waals surface area contributed by atoms with E-state index in [4.69, 9.17) is 4.74 Å². The number of rotatable bonds is 5. The van der Waals surface area contributed by atoms with Gasteiger partial charge in [0.15, 0.2) is 5.82 Å². The second-order valence-corrected chi connectivity index (χ2v) is 4.36. The number of hydrogen-bond acceptors (Lipinski definition) is 4. The van der Waals surface area contributed by atoms with E-state index in [2.05, 4.69) is 28.3 Å². The van der Waals surface area contributed by atoms with Crippen molar-refractivity contribution in [2.24, 2.45) is 10.9 Å². The summed E-state index contributed by atoms with van der Waals surface area (Å²) in [5.41, 5.74) is 2.67. The number of aromatic nitrogens is 2. The minimum atomic E-state index is 0.442. The van der Waals surface area contributed by atoms with Gasteiger partial charge in [-0.25, -0.2) is 15.0 Å². The van der Waals surface area contributed by atoms with Gasteiger partial charge in [0.05, 0.1) is 12.7 Å². The van der Waals surface area contributed by atoms with E-state index in [0.717, 1.165) is 29.7 Å². The summed E-state index contributed by atoms with van der Waals surface area (Å²) in [6, 6.07) is 1.86. The molecule has 0 spiro atoms. The highest BCUT2D eigenvalue weighted by Crippen LogP contribution is 2.42. The van der Waals surface area contributed by atoms with Crippen LogP contribution < -0.4 is 0 Å². The van der Waals surface area contributed by atoms with E-state index >= 15 is 0 Å². The minimum Gasteiger partial charge on any atom is -0.480 e. The molecule has 0 N–H and O–H groups in total. The lowest BCUT2D eigenvalue weighted by molar-refractivity contribution is 0.291. The Morgan fingerprint density at radius 3 is 2.72 bits per heavy atom. The second-order valence-electron chi connectivity index (χ2n) is 4.36. The molecule has 1 aliphatic carbocycles. The Morgan fingerprint density at radius 1 is 1.50 bits per heavy atom. The lowest BCUT2D eigenvalue weighted by Crippen LogP contribution is -2.03. The quantitative estimate of drug-likeness (QED) is 0.454. The Labute approximate surface area is 107 Å². The summed E-state index contributed by atoms with van der Waals surface area (Å²) < 4.78 is 5.26. The number of ether oxygens (including phenoxy) is 1. The monoisotopic (exact) mass is 243 g/mol. The zero-order valence-electron chi connectivity index (χ0n) is 10.8. The summed E-state index contributed by atoms with van der Waals surface area (Å²) in [6.45, 7) is 9.59. The van der Waals surface area contributed by atoms with Gasteiger partial charge in [0.1, 0.15) is 0 Å². The van der Waals surface area contributed by atoms with Crippen molar-refractivity contribution in [1.29, 1.82) is 0 Å². The standard InChI is InChI=1S/C14H17N3O/c1-9-7-8-16-13(17-9)12(14(15-3)18-4)10(2)11-5-6-11/h7-8,11H,2-3,5-6H2,1,4H3/b14-12-. The molecule has 1 heterocycles. The van der Waals surface area contributed by atoms with Crippen molar-refractivity contribution in [2.75, 3.05) is 7.11 Å². The van der Waals surface area contributed by atoms with Gasteiger partial charge >= 0.3 is 0 Å². The maximum Gasteiger partial charge on any atom is 0.223 e. The van der Waals surface area contributed by atoms with Crippen molar-refractivity contribution in [3.63, 3.8) is 0 Å². The Bertz CT molecular complexity index is 516. The molecule has 0 unspecified atom stereocenters. The van der Waals surface area contributed by atoms with Crippen LogP contribution in [0, 0.1) is 12.8 Å². The van der Waals surface area contributed by atoms with E-state index in [0.29, 0.717) is 17.6 Å². The molecule has 1 fully saturated rings. The van der Waals surface area contributed by atoms with Crippen molar-refractivity contribution in [2.45, 2.75) is 19.8 Å². The number of aryl methyl sites for hydroxylation is 1. The van der Waals surface area contributed by atoms with Gasteiger partial charge in [-0.2, -0.15) is 0 Å².